The molecule has 0 radical (unpaired) electrons. The van der Waals surface area contributed by atoms with Crippen molar-refractivity contribution >= 4 is 33.3 Å². The Balaban J connectivity index is 2.25. The van der Waals surface area contributed by atoms with E-state index in [2.05, 4.69) is 21.1 Å². The summed E-state index contributed by atoms with van der Waals surface area (Å²) in [7, 11) is 0. The normalized spacial score (nSPS) is 10.8. The van der Waals surface area contributed by atoms with Gasteiger partial charge in [-0.15, -0.1) is 0 Å². The molecule has 0 saturated heterocycles. The van der Waals surface area contributed by atoms with Crippen LogP contribution in [0.2, 0.25) is 5.02 Å². The van der Waals surface area contributed by atoms with Gasteiger partial charge in [-0.3, -0.25) is 0 Å². The average molecular weight is 368 g/mol. The molecule has 2 N–H and O–H groups in total. The monoisotopic (exact) mass is 366 g/mol. The van der Waals surface area contributed by atoms with E-state index < -0.39 is 5.82 Å². The molecule has 0 fully saturated rings. The topological polar surface area (TPSA) is 52.0 Å². The van der Waals surface area contributed by atoms with Crippen molar-refractivity contribution in [2.24, 2.45) is 0 Å². The highest BCUT2D eigenvalue weighted by Crippen LogP contribution is 2.39. The van der Waals surface area contributed by atoms with E-state index in [0.717, 1.165) is 10.0 Å². The molecular weight excluding hydrogens is 359 g/mol. The number of aromatic nitrogens is 1. The van der Waals surface area contributed by atoms with Gasteiger partial charge < -0.3 is 10.3 Å². The first-order valence-electron chi connectivity index (χ1n) is 6.03. The molecule has 0 bridgehead atoms. The zero-order valence-corrected chi connectivity index (χ0v) is 13.0. The molecule has 1 aromatic heterocycles. The van der Waals surface area contributed by atoms with Gasteiger partial charge in [-0.2, -0.15) is 0 Å². The third-order valence-electron chi connectivity index (χ3n) is 3.03. The molecule has 0 aliphatic carbocycles. The number of halogens is 3. The SMILES string of the molecule is Nc1noc(-c2cccc(Br)c2)c1-c1cccc(Cl)c1F. The van der Waals surface area contributed by atoms with Crippen molar-refractivity contribution in [1.29, 1.82) is 0 Å². The highest BCUT2D eigenvalue weighted by molar-refractivity contribution is 9.10. The second-order valence-electron chi connectivity index (χ2n) is 4.38. The number of nitrogens with two attached hydrogens (primary N) is 1. The molecule has 0 aliphatic rings. The average Bonchev–Trinajstić information content (AvgIpc) is 2.84. The van der Waals surface area contributed by atoms with Crippen LogP contribution in [-0.2, 0) is 0 Å². The van der Waals surface area contributed by atoms with Gasteiger partial charge in [0.25, 0.3) is 0 Å². The Hall–Kier alpha value is -1.85. The summed E-state index contributed by atoms with van der Waals surface area (Å²) in [6.45, 7) is 0. The van der Waals surface area contributed by atoms with Gasteiger partial charge in [-0.1, -0.05) is 57.0 Å². The van der Waals surface area contributed by atoms with Crippen LogP contribution in [0.15, 0.2) is 51.5 Å². The van der Waals surface area contributed by atoms with Crippen LogP contribution in [0.3, 0.4) is 0 Å². The fourth-order valence-corrected chi connectivity index (χ4v) is 2.66. The molecule has 0 unspecified atom stereocenters. The summed E-state index contributed by atoms with van der Waals surface area (Å²) in [5.74, 6) is -0.0357. The second kappa shape index (κ2) is 5.50. The number of nitrogens with zero attached hydrogens (tertiary/aromatic N) is 1. The van der Waals surface area contributed by atoms with E-state index in [9.17, 15) is 4.39 Å². The first kappa shape index (κ1) is 14.1. The molecule has 0 saturated carbocycles. The van der Waals surface area contributed by atoms with Crippen LogP contribution in [0.25, 0.3) is 22.5 Å². The van der Waals surface area contributed by atoms with Gasteiger partial charge in [0, 0.05) is 15.6 Å². The standard InChI is InChI=1S/C15H9BrClFN2O/c16-9-4-1-3-8(7-9)14-12(15(19)20-21-14)10-5-2-6-11(17)13(10)18/h1-7H,(H2,19,20). The molecule has 0 aliphatic heterocycles. The van der Waals surface area contributed by atoms with Crippen molar-refractivity contribution < 1.29 is 8.91 Å². The Labute approximate surface area is 133 Å². The number of anilines is 1. The van der Waals surface area contributed by atoms with Crippen LogP contribution in [0, 0.1) is 5.82 Å². The summed E-state index contributed by atoms with van der Waals surface area (Å²) in [5.41, 5.74) is 7.24. The van der Waals surface area contributed by atoms with Crippen molar-refractivity contribution in [3.8, 4) is 22.5 Å². The summed E-state index contributed by atoms with van der Waals surface area (Å²) in [4.78, 5) is 0. The largest absolute Gasteiger partial charge is 0.380 e. The minimum Gasteiger partial charge on any atom is -0.380 e. The minimum atomic E-state index is -0.551. The van der Waals surface area contributed by atoms with Gasteiger partial charge in [0.15, 0.2) is 11.6 Å². The van der Waals surface area contributed by atoms with E-state index in [1.54, 1.807) is 12.1 Å². The van der Waals surface area contributed by atoms with E-state index in [4.69, 9.17) is 21.9 Å². The van der Waals surface area contributed by atoms with E-state index in [-0.39, 0.29) is 16.4 Å². The lowest BCUT2D eigenvalue weighted by atomic mass is 10.0. The van der Waals surface area contributed by atoms with Crippen molar-refractivity contribution in [1.82, 2.24) is 5.16 Å². The fraction of sp³-hybridized carbons (Fsp3) is 0. The Morgan fingerprint density at radius 1 is 1.19 bits per heavy atom. The smallest absolute Gasteiger partial charge is 0.177 e. The predicted octanol–water partition coefficient (Wildman–Crippen LogP) is 5.15. The first-order chi connectivity index (χ1) is 10.1. The van der Waals surface area contributed by atoms with Gasteiger partial charge in [0.1, 0.15) is 5.82 Å². The number of benzene rings is 2. The van der Waals surface area contributed by atoms with E-state index in [0.29, 0.717) is 11.3 Å². The molecule has 1 heterocycles. The number of hydrogen-bond donors (Lipinski definition) is 1. The summed E-state index contributed by atoms with van der Waals surface area (Å²) >= 11 is 9.22. The van der Waals surface area contributed by atoms with Crippen LogP contribution >= 0.6 is 27.5 Å². The minimum absolute atomic E-state index is 0.0216. The fourth-order valence-electron chi connectivity index (χ4n) is 2.09. The zero-order valence-electron chi connectivity index (χ0n) is 10.6. The Kier molecular flexibility index (Phi) is 3.69. The van der Waals surface area contributed by atoms with Crippen molar-refractivity contribution in [3.05, 3.63) is 57.8 Å². The molecule has 3 rings (SSSR count). The zero-order chi connectivity index (χ0) is 15.0. The molecule has 0 amide bonds. The van der Waals surface area contributed by atoms with Crippen LogP contribution in [0.1, 0.15) is 0 Å². The summed E-state index contributed by atoms with van der Waals surface area (Å²) < 4.78 is 20.4. The third kappa shape index (κ3) is 2.54. The van der Waals surface area contributed by atoms with Crippen LogP contribution in [0.4, 0.5) is 10.2 Å². The maximum absolute atomic E-state index is 14.3. The number of rotatable bonds is 2. The Bertz CT molecular complexity index is 819. The Morgan fingerprint density at radius 2 is 1.95 bits per heavy atom. The van der Waals surface area contributed by atoms with Crippen LogP contribution in [-0.4, -0.2) is 5.16 Å². The van der Waals surface area contributed by atoms with Gasteiger partial charge in [-0.05, 0) is 18.2 Å². The summed E-state index contributed by atoms with van der Waals surface area (Å²) in [6.07, 6.45) is 0. The number of hydrogen-bond acceptors (Lipinski definition) is 3. The van der Waals surface area contributed by atoms with Crippen LogP contribution < -0.4 is 5.73 Å². The lowest BCUT2D eigenvalue weighted by molar-refractivity contribution is 0.436. The van der Waals surface area contributed by atoms with Gasteiger partial charge in [0.2, 0.25) is 0 Å². The molecule has 3 nitrogen and oxygen atoms in total. The highest BCUT2D eigenvalue weighted by Gasteiger charge is 2.21. The summed E-state index contributed by atoms with van der Waals surface area (Å²) in [5, 5.41) is 3.77. The van der Waals surface area contributed by atoms with Gasteiger partial charge in [-0.25, -0.2) is 4.39 Å². The molecule has 21 heavy (non-hydrogen) atoms. The second-order valence-corrected chi connectivity index (χ2v) is 5.71. The molecule has 0 atom stereocenters. The van der Waals surface area contributed by atoms with Crippen molar-refractivity contribution in [3.63, 3.8) is 0 Å². The lowest BCUT2D eigenvalue weighted by Crippen LogP contribution is -1.92. The van der Waals surface area contributed by atoms with Crippen molar-refractivity contribution in [2.75, 3.05) is 5.73 Å². The number of nitrogen functional groups attached to an aromatic ring is 1. The predicted molar refractivity (Wildman–Crippen MR) is 84.5 cm³/mol. The van der Waals surface area contributed by atoms with E-state index in [1.807, 2.05) is 24.3 Å². The molecule has 3 aromatic rings. The molecule has 0 spiro atoms. The molecule has 2 aromatic carbocycles. The van der Waals surface area contributed by atoms with Crippen LogP contribution in [0.5, 0.6) is 0 Å². The maximum atomic E-state index is 14.3. The van der Waals surface area contributed by atoms with E-state index >= 15 is 0 Å². The molecule has 106 valence electrons. The quantitative estimate of drug-likeness (QED) is 0.682. The molecule has 6 heteroatoms. The lowest BCUT2D eigenvalue weighted by Gasteiger charge is -2.05. The summed E-state index contributed by atoms with van der Waals surface area (Å²) in [6, 6.07) is 12.1. The van der Waals surface area contributed by atoms with Gasteiger partial charge >= 0.3 is 0 Å². The molecular formula is C15H9BrClFN2O. The van der Waals surface area contributed by atoms with Crippen molar-refractivity contribution in [2.45, 2.75) is 0 Å². The first-order valence-corrected chi connectivity index (χ1v) is 7.20. The highest BCUT2D eigenvalue weighted by atomic mass is 79.9. The Morgan fingerprint density at radius 3 is 2.71 bits per heavy atom. The van der Waals surface area contributed by atoms with E-state index in [1.165, 1.54) is 6.07 Å². The maximum Gasteiger partial charge on any atom is 0.177 e. The third-order valence-corrected chi connectivity index (χ3v) is 3.81. The van der Waals surface area contributed by atoms with Gasteiger partial charge in [0.05, 0.1) is 10.6 Å².